The molecule has 2 aromatic rings. The molecule has 3 heterocycles. The molecule has 1 unspecified atom stereocenters. The van der Waals surface area contributed by atoms with Gasteiger partial charge in [0.05, 0.1) is 0 Å². The van der Waals surface area contributed by atoms with E-state index < -0.39 is 0 Å². The second kappa shape index (κ2) is 7.51. The smallest absolute Gasteiger partial charge is 0.246 e. The van der Waals surface area contributed by atoms with Gasteiger partial charge in [-0.15, -0.1) is 10.2 Å². The highest BCUT2D eigenvalue weighted by atomic mass is 16.2. The van der Waals surface area contributed by atoms with Gasteiger partial charge in [-0.05, 0) is 18.6 Å². The molecule has 0 bridgehead atoms. The number of benzene rings is 1. The van der Waals surface area contributed by atoms with Crippen LogP contribution in [0.4, 0.5) is 0 Å². The summed E-state index contributed by atoms with van der Waals surface area (Å²) in [4.78, 5) is 18.4. The minimum atomic E-state index is 0.0653. The van der Waals surface area contributed by atoms with E-state index in [4.69, 9.17) is 0 Å². The van der Waals surface area contributed by atoms with Crippen LogP contribution in [0.5, 0.6) is 0 Å². The van der Waals surface area contributed by atoms with E-state index in [1.165, 1.54) is 10.4 Å². The zero-order valence-electron chi connectivity index (χ0n) is 15.1. The molecule has 0 saturated carbocycles. The molecule has 2 aliphatic heterocycles. The first-order valence-electron chi connectivity index (χ1n) is 9.26. The number of tetrazole rings is 1. The van der Waals surface area contributed by atoms with Crippen molar-refractivity contribution in [1.82, 2.24) is 35.3 Å². The van der Waals surface area contributed by atoms with Gasteiger partial charge in [-0.2, -0.15) is 4.80 Å². The fourth-order valence-electron chi connectivity index (χ4n) is 3.66. The summed E-state index contributed by atoms with van der Waals surface area (Å²) in [6.07, 6.45) is 1.05. The van der Waals surface area contributed by atoms with Gasteiger partial charge in [0, 0.05) is 50.9 Å². The van der Waals surface area contributed by atoms with Crippen molar-refractivity contribution in [3.8, 4) is 11.4 Å². The fraction of sp³-hybridized carbons (Fsp3) is 0.556. The molecule has 0 spiro atoms. The fourth-order valence-corrected chi connectivity index (χ4v) is 3.66. The summed E-state index contributed by atoms with van der Waals surface area (Å²) in [5.41, 5.74) is 2.10. The summed E-state index contributed by atoms with van der Waals surface area (Å²) in [6, 6.07) is 8.45. The van der Waals surface area contributed by atoms with Gasteiger partial charge in [0.25, 0.3) is 0 Å². The van der Waals surface area contributed by atoms with E-state index in [1.807, 2.05) is 36.1 Å². The van der Waals surface area contributed by atoms with Gasteiger partial charge in [0.15, 0.2) is 0 Å². The first kappa shape index (κ1) is 17.1. The van der Waals surface area contributed by atoms with Crippen LogP contribution in [-0.4, -0.2) is 81.2 Å². The Morgan fingerprint density at radius 1 is 1.19 bits per heavy atom. The molecule has 2 fully saturated rings. The van der Waals surface area contributed by atoms with Crippen molar-refractivity contribution in [1.29, 1.82) is 0 Å². The van der Waals surface area contributed by atoms with Crippen molar-refractivity contribution in [2.45, 2.75) is 25.9 Å². The van der Waals surface area contributed by atoms with Crippen LogP contribution in [0.2, 0.25) is 0 Å². The number of aromatic nitrogens is 4. The largest absolute Gasteiger partial charge is 0.339 e. The van der Waals surface area contributed by atoms with Gasteiger partial charge in [-0.1, -0.05) is 29.8 Å². The zero-order chi connectivity index (χ0) is 17.9. The number of carbonyl (C=O) groups excluding carboxylic acids is 1. The third kappa shape index (κ3) is 3.76. The van der Waals surface area contributed by atoms with E-state index in [-0.39, 0.29) is 12.5 Å². The molecule has 2 aliphatic rings. The molecule has 138 valence electrons. The zero-order valence-corrected chi connectivity index (χ0v) is 15.1. The summed E-state index contributed by atoms with van der Waals surface area (Å²) >= 11 is 0. The number of nitrogens with one attached hydrogen (secondary N) is 1. The summed E-state index contributed by atoms with van der Waals surface area (Å²) in [5, 5.41) is 15.9. The van der Waals surface area contributed by atoms with E-state index >= 15 is 0 Å². The van der Waals surface area contributed by atoms with Crippen molar-refractivity contribution in [2.24, 2.45) is 0 Å². The lowest BCUT2D eigenvalue weighted by Gasteiger charge is -2.32. The first-order valence-corrected chi connectivity index (χ1v) is 9.26. The molecule has 1 amide bonds. The number of aryl methyl sites for hydroxylation is 1. The maximum absolute atomic E-state index is 12.6. The standard InChI is InChI=1S/C18H25N7O/c1-14-2-4-15(5-3-14)18-20-22-25(21-18)13-17(26)24-9-6-16(12-24)23-10-7-19-8-11-23/h2-5,16,19H,6-13H2,1H3. The molecule has 4 rings (SSSR count). The Labute approximate surface area is 153 Å². The normalized spacial score (nSPS) is 21.3. The van der Waals surface area contributed by atoms with Gasteiger partial charge >= 0.3 is 0 Å². The predicted molar refractivity (Wildman–Crippen MR) is 97.4 cm³/mol. The molecule has 8 nitrogen and oxygen atoms in total. The Bertz CT molecular complexity index is 751. The lowest BCUT2D eigenvalue weighted by molar-refractivity contribution is -0.131. The minimum Gasteiger partial charge on any atom is -0.339 e. The second-order valence-electron chi connectivity index (χ2n) is 7.08. The lowest BCUT2D eigenvalue weighted by Crippen LogP contribution is -2.49. The predicted octanol–water partition coefficient (Wildman–Crippen LogP) is 0.155. The van der Waals surface area contributed by atoms with E-state index in [2.05, 4.69) is 25.6 Å². The third-order valence-corrected chi connectivity index (χ3v) is 5.22. The van der Waals surface area contributed by atoms with E-state index in [0.717, 1.165) is 51.3 Å². The highest BCUT2D eigenvalue weighted by Gasteiger charge is 2.31. The SMILES string of the molecule is Cc1ccc(-c2nnn(CC(=O)N3CCC(N4CCNCC4)C3)n2)cc1. The summed E-state index contributed by atoms with van der Waals surface area (Å²) in [7, 11) is 0. The maximum Gasteiger partial charge on any atom is 0.246 e. The Balaban J connectivity index is 1.34. The highest BCUT2D eigenvalue weighted by Crippen LogP contribution is 2.17. The van der Waals surface area contributed by atoms with Crippen molar-refractivity contribution >= 4 is 5.91 Å². The Kier molecular flexibility index (Phi) is 4.94. The highest BCUT2D eigenvalue weighted by molar-refractivity contribution is 5.76. The van der Waals surface area contributed by atoms with Crippen LogP contribution < -0.4 is 5.32 Å². The first-order chi connectivity index (χ1) is 12.7. The van der Waals surface area contributed by atoms with Crippen molar-refractivity contribution < 1.29 is 4.79 Å². The van der Waals surface area contributed by atoms with Crippen molar-refractivity contribution in [2.75, 3.05) is 39.3 Å². The molecule has 0 aliphatic carbocycles. The van der Waals surface area contributed by atoms with Crippen LogP contribution in [0.1, 0.15) is 12.0 Å². The third-order valence-electron chi connectivity index (χ3n) is 5.22. The van der Waals surface area contributed by atoms with Crippen LogP contribution in [0.15, 0.2) is 24.3 Å². The molecule has 1 N–H and O–H groups in total. The van der Waals surface area contributed by atoms with E-state index in [0.29, 0.717) is 11.9 Å². The number of amides is 1. The monoisotopic (exact) mass is 355 g/mol. The molecule has 8 heteroatoms. The van der Waals surface area contributed by atoms with Crippen molar-refractivity contribution in [3.63, 3.8) is 0 Å². The van der Waals surface area contributed by atoms with E-state index in [1.54, 1.807) is 0 Å². The average Bonchev–Trinajstić information content (AvgIpc) is 3.33. The van der Waals surface area contributed by atoms with Gasteiger partial charge < -0.3 is 10.2 Å². The quantitative estimate of drug-likeness (QED) is 0.841. The molecule has 1 aromatic heterocycles. The number of rotatable bonds is 4. The number of hydrogen-bond acceptors (Lipinski definition) is 6. The van der Waals surface area contributed by atoms with Crippen LogP contribution >= 0.6 is 0 Å². The van der Waals surface area contributed by atoms with Crippen molar-refractivity contribution in [3.05, 3.63) is 29.8 Å². The van der Waals surface area contributed by atoms with Gasteiger partial charge in [-0.3, -0.25) is 9.69 Å². The number of likely N-dealkylation sites (tertiary alicyclic amines) is 1. The van der Waals surface area contributed by atoms with E-state index in [9.17, 15) is 4.79 Å². The van der Waals surface area contributed by atoms with Crippen LogP contribution in [0.3, 0.4) is 0 Å². The summed E-state index contributed by atoms with van der Waals surface area (Å²) in [6.45, 7) is 8.01. The molecular formula is C18H25N7O. The molecule has 2 saturated heterocycles. The Morgan fingerprint density at radius 3 is 2.73 bits per heavy atom. The topological polar surface area (TPSA) is 79.2 Å². The second-order valence-corrected chi connectivity index (χ2v) is 7.08. The molecule has 0 radical (unpaired) electrons. The number of carbonyl (C=O) groups is 1. The molecule has 26 heavy (non-hydrogen) atoms. The average molecular weight is 355 g/mol. The van der Waals surface area contributed by atoms with Crippen LogP contribution in [-0.2, 0) is 11.3 Å². The number of nitrogens with zero attached hydrogens (tertiary/aromatic N) is 6. The molecule has 1 aromatic carbocycles. The lowest BCUT2D eigenvalue weighted by atomic mass is 10.1. The number of hydrogen-bond donors (Lipinski definition) is 1. The Hall–Kier alpha value is -2.32. The minimum absolute atomic E-state index is 0.0653. The summed E-state index contributed by atoms with van der Waals surface area (Å²) in [5.74, 6) is 0.619. The maximum atomic E-state index is 12.6. The molecular weight excluding hydrogens is 330 g/mol. The van der Waals surface area contributed by atoms with Crippen LogP contribution in [0.25, 0.3) is 11.4 Å². The van der Waals surface area contributed by atoms with Gasteiger partial charge in [-0.25, -0.2) is 0 Å². The number of piperazine rings is 1. The van der Waals surface area contributed by atoms with Crippen LogP contribution in [0, 0.1) is 6.92 Å². The Morgan fingerprint density at radius 2 is 1.96 bits per heavy atom. The summed E-state index contributed by atoms with van der Waals surface area (Å²) < 4.78 is 0. The van der Waals surface area contributed by atoms with Gasteiger partial charge in [0.2, 0.25) is 11.7 Å². The van der Waals surface area contributed by atoms with Gasteiger partial charge in [0.1, 0.15) is 6.54 Å². The molecule has 1 atom stereocenters.